The van der Waals surface area contributed by atoms with Crippen LogP contribution in [-0.2, 0) is 16.1 Å². The lowest BCUT2D eigenvalue weighted by Gasteiger charge is -2.21. The second-order valence-electron chi connectivity index (χ2n) is 5.50. The zero-order valence-corrected chi connectivity index (χ0v) is 13.3. The first kappa shape index (κ1) is 17.2. The lowest BCUT2D eigenvalue weighted by Crippen LogP contribution is -2.42. The summed E-state index contributed by atoms with van der Waals surface area (Å²) in [5.74, 6) is 0.280. The highest BCUT2D eigenvalue weighted by molar-refractivity contribution is 5.88. The minimum atomic E-state index is -0.559. The number of carbonyl (C=O) groups excluding carboxylic acids is 2. The molecule has 0 fully saturated rings. The molecule has 1 aromatic carbocycles. The van der Waals surface area contributed by atoms with Gasteiger partial charge in [-0.2, -0.15) is 0 Å². The van der Waals surface area contributed by atoms with Crippen LogP contribution in [0.3, 0.4) is 0 Å². The lowest BCUT2D eigenvalue weighted by atomic mass is 9.87. The van der Waals surface area contributed by atoms with Gasteiger partial charge >= 0.3 is 6.09 Å². The second-order valence-corrected chi connectivity index (χ2v) is 5.50. The van der Waals surface area contributed by atoms with Gasteiger partial charge in [0.1, 0.15) is 6.61 Å². The summed E-state index contributed by atoms with van der Waals surface area (Å²) in [6.45, 7) is 7.91. The van der Waals surface area contributed by atoms with Crippen molar-refractivity contribution >= 4 is 11.9 Å². The molecule has 0 spiro atoms. The van der Waals surface area contributed by atoms with Crippen LogP contribution in [0.2, 0.25) is 0 Å². The van der Waals surface area contributed by atoms with Crippen molar-refractivity contribution < 1.29 is 14.3 Å². The molecule has 116 valence electrons. The van der Waals surface area contributed by atoms with Gasteiger partial charge in [0, 0.05) is 5.92 Å². The van der Waals surface area contributed by atoms with Crippen molar-refractivity contribution in [2.45, 2.75) is 46.8 Å². The van der Waals surface area contributed by atoms with Gasteiger partial charge in [-0.1, -0.05) is 57.5 Å². The average Bonchev–Trinajstić information content (AvgIpc) is 2.51. The van der Waals surface area contributed by atoms with Crippen molar-refractivity contribution in [1.29, 1.82) is 0 Å². The number of benzene rings is 1. The number of rotatable bonds is 7. The number of ketones is 1. The summed E-state index contributed by atoms with van der Waals surface area (Å²) in [5.41, 5.74) is 0.916. The van der Waals surface area contributed by atoms with Gasteiger partial charge in [-0.15, -0.1) is 0 Å². The van der Waals surface area contributed by atoms with E-state index in [1.807, 2.05) is 44.2 Å². The number of nitrogens with one attached hydrogen (secondary N) is 1. The minimum absolute atomic E-state index is 0.0426. The maximum Gasteiger partial charge on any atom is 0.408 e. The molecule has 0 aromatic heterocycles. The molecule has 3 atom stereocenters. The van der Waals surface area contributed by atoms with E-state index in [0.29, 0.717) is 5.92 Å². The van der Waals surface area contributed by atoms with Crippen LogP contribution in [0.15, 0.2) is 30.3 Å². The molecule has 0 heterocycles. The Kier molecular flexibility index (Phi) is 6.92. The van der Waals surface area contributed by atoms with Crippen LogP contribution < -0.4 is 5.32 Å². The number of ether oxygens (including phenoxy) is 1. The highest BCUT2D eigenvalue weighted by atomic mass is 16.5. The Morgan fingerprint density at radius 2 is 1.76 bits per heavy atom. The zero-order chi connectivity index (χ0) is 15.8. The standard InChI is InChI=1S/C17H25NO3/c1-5-12(2)13(3)16(19)14(4)18-17(20)21-11-15-9-7-6-8-10-15/h6-10,12-14H,5,11H2,1-4H3,(H,18,20). The van der Waals surface area contributed by atoms with E-state index in [0.717, 1.165) is 12.0 Å². The van der Waals surface area contributed by atoms with E-state index in [2.05, 4.69) is 12.2 Å². The predicted octanol–water partition coefficient (Wildman–Crippen LogP) is 3.55. The largest absolute Gasteiger partial charge is 0.445 e. The van der Waals surface area contributed by atoms with Crippen molar-refractivity contribution in [2.75, 3.05) is 0 Å². The van der Waals surface area contributed by atoms with Crippen LogP contribution in [0, 0.1) is 11.8 Å². The normalized spacial score (nSPS) is 14.9. The summed E-state index contributed by atoms with van der Waals surface area (Å²) in [5, 5.41) is 2.60. The van der Waals surface area contributed by atoms with Crippen LogP contribution in [-0.4, -0.2) is 17.9 Å². The van der Waals surface area contributed by atoms with Gasteiger partial charge in [0.2, 0.25) is 0 Å². The molecule has 3 unspecified atom stereocenters. The number of alkyl carbamates (subject to hydrolysis) is 1. The highest BCUT2D eigenvalue weighted by Gasteiger charge is 2.25. The van der Waals surface area contributed by atoms with Crippen LogP contribution in [0.5, 0.6) is 0 Å². The molecular formula is C17H25NO3. The molecule has 0 saturated heterocycles. The van der Waals surface area contributed by atoms with E-state index < -0.39 is 12.1 Å². The van der Waals surface area contributed by atoms with Crippen molar-refractivity contribution in [2.24, 2.45) is 11.8 Å². The molecule has 4 heteroatoms. The third-order valence-corrected chi connectivity index (χ3v) is 3.92. The SMILES string of the molecule is CCC(C)C(C)C(=O)C(C)NC(=O)OCc1ccccc1. The molecule has 1 N–H and O–H groups in total. The Morgan fingerprint density at radius 3 is 2.33 bits per heavy atom. The quantitative estimate of drug-likeness (QED) is 0.835. The zero-order valence-electron chi connectivity index (χ0n) is 13.3. The van der Waals surface area contributed by atoms with E-state index in [1.165, 1.54) is 0 Å². The maximum atomic E-state index is 12.2. The van der Waals surface area contributed by atoms with Crippen LogP contribution >= 0.6 is 0 Å². The van der Waals surface area contributed by atoms with Crippen molar-refractivity contribution in [1.82, 2.24) is 5.32 Å². The molecule has 0 aliphatic heterocycles. The van der Waals surface area contributed by atoms with E-state index >= 15 is 0 Å². The fraction of sp³-hybridized carbons (Fsp3) is 0.529. The van der Waals surface area contributed by atoms with Gasteiger partial charge < -0.3 is 10.1 Å². The second kappa shape index (κ2) is 8.45. The Bertz CT molecular complexity index is 458. The van der Waals surface area contributed by atoms with Gasteiger partial charge in [0.25, 0.3) is 0 Å². The summed E-state index contributed by atoms with van der Waals surface area (Å²) < 4.78 is 5.11. The maximum absolute atomic E-state index is 12.2. The van der Waals surface area contributed by atoms with Crippen molar-refractivity contribution in [3.8, 4) is 0 Å². The van der Waals surface area contributed by atoms with Crippen LogP contribution in [0.1, 0.15) is 39.7 Å². The van der Waals surface area contributed by atoms with E-state index in [4.69, 9.17) is 4.74 Å². The average molecular weight is 291 g/mol. The molecule has 0 aliphatic rings. The summed E-state index contributed by atoms with van der Waals surface area (Å²) in [4.78, 5) is 23.9. The molecular weight excluding hydrogens is 266 g/mol. The number of Topliss-reactive ketones (excluding diaryl/α,β-unsaturated/α-hetero) is 1. The number of amides is 1. The molecule has 0 saturated carbocycles. The number of hydrogen-bond acceptors (Lipinski definition) is 3. The van der Waals surface area contributed by atoms with E-state index in [9.17, 15) is 9.59 Å². The molecule has 0 radical (unpaired) electrons. The lowest BCUT2D eigenvalue weighted by molar-refractivity contribution is -0.125. The highest BCUT2D eigenvalue weighted by Crippen LogP contribution is 2.17. The first-order valence-electron chi connectivity index (χ1n) is 7.46. The van der Waals surface area contributed by atoms with Crippen molar-refractivity contribution in [3.05, 3.63) is 35.9 Å². The molecule has 4 nitrogen and oxygen atoms in total. The predicted molar refractivity (Wildman–Crippen MR) is 82.9 cm³/mol. The minimum Gasteiger partial charge on any atom is -0.445 e. The molecule has 1 amide bonds. The third-order valence-electron chi connectivity index (χ3n) is 3.92. The fourth-order valence-corrected chi connectivity index (χ4v) is 2.04. The summed E-state index contributed by atoms with van der Waals surface area (Å²) in [7, 11) is 0. The van der Waals surface area contributed by atoms with E-state index in [-0.39, 0.29) is 18.3 Å². The monoisotopic (exact) mass is 291 g/mol. The molecule has 21 heavy (non-hydrogen) atoms. The third kappa shape index (κ3) is 5.58. The van der Waals surface area contributed by atoms with Crippen molar-refractivity contribution in [3.63, 3.8) is 0 Å². The Balaban J connectivity index is 2.41. The Hall–Kier alpha value is -1.84. The smallest absolute Gasteiger partial charge is 0.408 e. The topological polar surface area (TPSA) is 55.4 Å². The Labute approximate surface area is 126 Å². The first-order chi connectivity index (χ1) is 9.95. The van der Waals surface area contributed by atoms with Gasteiger partial charge in [0.05, 0.1) is 6.04 Å². The summed E-state index contributed by atoms with van der Waals surface area (Å²) in [6.07, 6.45) is 0.383. The van der Waals surface area contributed by atoms with Crippen LogP contribution in [0.25, 0.3) is 0 Å². The number of carbonyl (C=O) groups is 2. The molecule has 0 bridgehead atoms. The van der Waals surface area contributed by atoms with Gasteiger partial charge in [-0.25, -0.2) is 4.79 Å². The van der Waals surface area contributed by atoms with Crippen LogP contribution in [0.4, 0.5) is 4.79 Å². The molecule has 0 aliphatic carbocycles. The Morgan fingerprint density at radius 1 is 1.14 bits per heavy atom. The van der Waals surface area contributed by atoms with Gasteiger partial charge in [-0.3, -0.25) is 4.79 Å². The van der Waals surface area contributed by atoms with Gasteiger partial charge in [-0.05, 0) is 18.4 Å². The summed E-state index contributed by atoms with van der Waals surface area (Å²) >= 11 is 0. The van der Waals surface area contributed by atoms with E-state index in [1.54, 1.807) is 6.92 Å². The van der Waals surface area contributed by atoms with Gasteiger partial charge in [0.15, 0.2) is 5.78 Å². The summed E-state index contributed by atoms with van der Waals surface area (Å²) in [6, 6.07) is 8.91. The fourth-order valence-electron chi connectivity index (χ4n) is 2.04. The first-order valence-corrected chi connectivity index (χ1v) is 7.46. The number of hydrogen-bond donors (Lipinski definition) is 1. The molecule has 1 rings (SSSR count). The molecule has 1 aromatic rings.